The molecular formula is C20H24O8. The van der Waals surface area contributed by atoms with Crippen molar-refractivity contribution >= 4 is 0 Å². The van der Waals surface area contributed by atoms with Crippen molar-refractivity contribution in [3.8, 4) is 17.2 Å². The van der Waals surface area contributed by atoms with E-state index in [2.05, 4.69) is 0 Å². The zero-order valence-electron chi connectivity index (χ0n) is 15.2. The summed E-state index contributed by atoms with van der Waals surface area (Å²) in [5, 5.41) is 71.1. The van der Waals surface area contributed by atoms with Gasteiger partial charge in [0.15, 0.2) is 0 Å². The summed E-state index contributed by atoms with van der Waals surface area (Å²) in [7, 11) is 0. The third-order valence-electron chi connectivity index (χ3n) is 5.24. The first-order valence-corrected chi connectivity index (χ1v) is 8.91. The molecule has 0 aromatic heterocycles. The molecule has 8 heteroatoms. The van der Waals surface area contributed by atoms with Crippen molar-refractivity contribution in [2.45, 2.75) is 43.4 Å². The van der Waals surface area contributed by atoms with Crippen molar-refractivity contribution in [3.63, 3.8) is 0 Å². The third kappa shape index (κ3) is 3.41. The van der Waals surface area contributed by atoms with E-state index < -0.39 is 54.5 Å². The molecule has 2 aromatic rings. The van der Waals surface area contributed by atoms with Gasteiger partial charge in [-0.1, -0.05) is 37.3 Å². The van der Waals surface area contributed by atoms with Gasteiger partial charge in [-0.25, -0.2) is 0 Å². The summed E-state index contributed by atoms with van der Waals surface area (Å²) < 4.78 is 5.45. The Kier molecular flexibility index (Phi) is 5.78. The largest absolute Gasteiger partial charge is 0.507 e. The van der Waals surface area contributed by atoms with E-state index in [1.807, 2.05) is 18.2 Å². The van der Waals surface area contributed by atoms with Crippen molar-refractivity contribution < 1.29 is 40.5 Å². The van der Waals surface area contributed by atoms with Crippen LogP contribution in [-0.2, 0) is 4.74 Å². The fraction of sp³-hybridized carbons (Fsp3) is 0.400. The topological polar surface area (TPSA) is 151 Å². The van der Waals surface area contributed by atoms with Gasteiger partial charge >= 0.3 is 0 Å². The van der Waals surface area contributed by atoms with E-state index in [4.69, 9.17) is 4.74 Å². The molecule has 1 unspecified atom stereocenters. The SMILES string of the molecule is CC(c1ccccc1)c1c(O)cc(O)c([C@@H]2O[C@H](CO)[C@@H](O)[C@H](O)[C@H]2O)c1O. The molecule has 0 spiro atoms. The van der Waals surface area contributed by atoms with Gasteiger partial charge in [-0.3, -0.25) is 0 Å². The van der Waals surface area contributed by atoms with Crippen LogP contribution in [0.4, 0.5) is 0 Å². The van der Waals surface area contributed by atoms with E-state index in [1.165, 1.54) is 0 Å². The molecule has 6 atom stereocenters. The van der Waals surface area contributed by atoms with Crippen LogP contribution in [0.15, 0.2) is 36.4 Å². The van der Waals surface area contributed by atoms with Crippen molar-refractivity contribution in [2.75, 3.05) is 6.61 Å². The lowest BCUT2D eigenvalue weighted by Crippen LogP contribution is -2.55. The lowest BCUT2D eigenvalue weighted by Gasteiger charge is -2.40. The number of rotatable bonds is 4. The minimum absolute atomic E-state index is 0.107. The van der Waals surface area contributed by atoms with Gasteiger partial charge in [-0.15, -0.1) is 0 Å². The molecule has 0 saturated carbocycles. The standard InChI is InChI=1S/C20H24O8/c1-9(10-5-3-2-4-6-10)14-11(22)7-12(23)15(17(14)25)20-19(27)18(26)16(24)13(8-21)28-20/h2-7,9,13,16,18-27H,8H2,1H3/t9?,13-,16-,18+,19-,20+/m1/s1. The van der Waals surface area contributed by atoms with Gasteiger partial charge in [0.05, 0.1) is 12.2 Å². The minimum Gasteiger partial charge on any atom is -0.507 e. The first-order chi connectivity index (χ1) is 13.3. The lowest BCUT2D eigenvalue weighted by atomic mass is 9.85. The molecule has 1 heterocycles. The van der Waals surface area contributed by atoms with Gasteiger partial charge in [0, 0.05) is 17.5 Å². The number of hydrogen-bond acceptors (Lipinski definition) is 8. The van der Waals surface area contributed by atoms with Gasteiger partial charge in [0.25, 0.3) is 0 Å². The number of aliphatic hydroxyl groups is 4. The Bertz CT molecular complexity index is 823. The zero-order valence-corrected chi connectivity index (χ0v) is 15.2. The van der Waals surface area contributed by atoms with Crippen LogP contribution in [0.1, 0.15) is 35.6 Å². The molecule has 8 nitrogen and oxygen atoms in total. The Morgan fingerprint density at radius 3 is 2.18 bits per heavy atom. The van der Waals surface area contributed by atoms with Crippen molar-refractivity contribution in [3.05, 3.63) is 53.1 Å². The number of ether oxygens (including phenoxy) is 1. The molecule has 7 N–H and O–H groups in total. The van der Waals surface area contributed by atoms with Gasteiger partial charge < -0.3 is 40.5 Å². The molecule has 152 valence electrons. The quantitative estimate of drug-likeness (QED) is 0.397. The molecule has 1 aliphatic rings. The van der Waals surface area contributed by atoms with E-state index in [9.17, 15) is 35.7 Å². The molecule has 3 rings (SSSR count). The second-order valence-electron chi connectivity index (χ2n) is 6.97. The maximum absolute atomic E-state index is 10.8. The predicted octanol–water partition coefficient (Wildman–Crippen LogP) is 0.470. The number of benzene rings is 2. The summed E-state index contributed by atoms with van der Waals surface area (Å²) in [4.78, 5) is 0. The van der Waals surface area contributed by atoms with E-state index >= 15 is 0 Å². The van der Waals surface area contributed by atoms with Crippen molar-refractivity contribution in [2.24, 2.45) is 0 Å². The Balaban J connectivity index is 2.09. The Morgan fingerprint density at radius 1 is 0.929 bits per heavy atom. The van der Waals surface area contributed by atoms with Gasteiger partial charge in [-0.2, -0.15) is 0 Å². The number of hydrogen-bond donors (Lipinski definition) is 7. The summed E-state index contributed by atoms with van der Waals surface area (Å²) >= 11 is 0. The Hall–Kier alpha value is -2.36. The number of phenolic OH excluding ortho intramolecular Hbond substituents is 3. The lowest BCUT2D eigenvalue weighted by molar-refractivity contribution is -0.232. The molecule has 28 heavy (non-hydrogen) atoms. The van der Waals surface area contributed by atoms with Crippen LogP contribution in [-0.4, -0.2) is 66.8 Å². The monoisotopic (exact) mass is 392 g/mol. The van der Waals surface area contributed by atoms with Crippen molar-refractivity contribution in [1.29, 1.82) is 0 Å². The molecule has 0 bridgehead atoms. The molecule has 2 aromatic carbocycles. The molecule has 1 fully saturated rings. The van der Waals surface area contributed by atoms with E-state index in [-0.39, 0.29) is 16.9 Å². The summed E-state index contributed by atoms with van der Waals surface area (Å²) in [6.45, 7) is 1.10. The van der Waals surface area contributed by atoms with E-state index in [0.717, 1.165) is 11.6 Å². The number of phenols is 3. The highest BCUT2D eigenvalue weighted by Crippen LogP contribution is 2.48. The first-order valence-electron chi connectivity index (χ1n) is 8.91. The molecule has 1 aliphatic heterocycles. The van der Waals surface area contributed by atoms with Crippen LogP contribution >= 0.6 is 0 Å². The average Bonchev–Trinajstić information content (AvgIpc) is 2.68. The smallest absolute Gasteiger partial charge is 0.132 e. The highest BCUT2D eigenvalue weighted by Gasteiger charge is 2.46. The maximum Gasteiger partial charge on any atom is 0.132 e. The fourth-order valence-corrected chi connectivity index (χ4v) is 3.63. The van der Waals surface area contributed by atoms with Gasteiger partial charge in [-0.05, 0) is 5.56 Å². The van der Waals surface area contributed by atoms with Crippen LogP contribution in [0.2, 0.25) is 0 Å². The Labute approximate surface area is 161 Å². The fourth-order valence-electron chi connectivity index (χ4n) is 3.63. The van der Waals surface area contributed by atoms with Gasteiger partial charge in [0.1, 0.15) is 47.8 Å². The summed E-state index contributed by atoms with van der Waals surface area (Å²) in [6.07, 6.45) is -7.55. The highest BCUT2D eigenvalue weighted by molar-refractivity contribution is 5.59. The van der Waals surface area contributed by atoms with Gasteiger partial charge in [0.2, 0.25) is 0 Å². The van der Waals surface area contributed by atoms with E-state index in [0.29, 0.717) is 0 Å². The number of aromatic hydroxyl groups is 3. The maximum atomic E-state index is 10.8. The van der Waals surface area contributed by atoms with Crippen LogP contribution in [0.3, 0.4) is 0 Å². The molecule has 0 radical (unpaired) electrons. The van der Waals surface area contributed by atoms with Crippen molar-refractivity contribution in [1.82, 2.24) is 0 Å². The first kappa shape index (κ1) is 20.4. The summed E-state index contributed by atoms with van der Waals surface area (Å²) in [5.74, 6) is -1.87. The third-order valence-corrected chi connectivity index (χ3v) is 5.24. The zero-order chi connectivity index (χ0) is 20.6. The molecule has 0 aliphatic carbocycles. The average molecular weight is 392 g/mol. The minimum atomic E-state index is -1.68. The van der Waals surface area contributed by atoms with Crippen LogP contribution in [0, 0.1) is 0 Å². The summed E-state index contributed by atoms with van der Waals surface area (Å²) in [5.41, 5.74) is 0.655. The second-order valence-corrected chi connectivity index (χ2v) is 6.97. The van der Waals surface area contributed by atoms with E-state index in [1.54, 1.807) is 19.1 Å². The Morgan fingerprint density at radius 2 is 1.57 bits per heavy atom. The normalized spacial score (nSPS) is 28.8. The summed E-state index contributed by atoms with van der Waals surface area (Å²) in [6, 6.07) is 10.1. The predicted molar refractivity (Wildman–Crippen MR) is 98.1 cm³/mol. The molecular weight excluding hydrogens is 368 g/mol. The molecule has 0 amide bonds. The second kappa shape index (κ2) is 7.94. The molecule has 1 saturated heterocycles. The highest BCUT2D eigenvalue weighted by atomic mass is 16.5. The van der Waals surface area contributed by atoms with Crippen LogP contribution in [0.25, 0.3) is 0 Å². The van der Waals surface area contributed by atoms with Crippen LogP contribution < -0.4 is 0 Å². The number of aliphatic hydroxyl groups excluding tert-OH is 4. The van der Waals surface area contributed by atoms with Crippen LogP contribution in [0.5, 0.6) is 17.2 Å².